The van der Waals surface area contributed by atoms with Gasteiger partial charge >= 0.3 is 0 Å². The number of carbonyl (C=O) groups is 2. The third-order valence-electron chi connectivity index (χ3n) is 3.55. The van der Waals surface area contributed by atoms with Gasteiger partial charge in [0.05, 0.1) is 0 Å². The molecule has 17 heavy (non-hydrogen) atoms. The Balaban J connectivity index is 1.99. The van der Waals surface area contributed by atoms with Gasteiger partial charge in [-0.1, -0.05) is 17.7 Å². The molecule has 0 radical (unpaired) electrons. The Hall–Kier alpha value is -1.55. The lowest BCUT2D eigenvalue weighted by Gasteiger charge is -2.45. The summed E-state index contributed by atoms with van der Waals surface area (Å²) in [5.41, 5.74) is 1.17. The maximum Gasteiger partial charge on any atom is 0.238 e. The highest BCUT2D eigenvalue weighted by molar-refractivity contribution is 6.31. The number of likely N-dealkylation sites (tertiary alicyclic amines) is 1. The Morgan fingerprint density at radius 3 is 2.82 bits per heavy atom. The number of halogens is 1. The van der Waals surface area contributed by atoms with E-state index < -0.39 is 5.41 Å². The number of rotatable bonds is 0. The van der Waals surface area contributed by atoms with Crippen LogP contribution in [0.2, 0.25) is 5.02 Å². The van der Waals surface area contributed by atoms with Gasteiger partial charge in [-0.25, -0.2) is 0 Å². The molecule has 0 bridgehead atoms. The molecule has 4 nitrogen and oxygen atoms in total. The summed E-state index contributed by atoms with van der Waals surface area (Å²) in [5, 5.41) is 3.43. The van der Waals surface area contributed by atoms with E-state index in [0.717, 1.165) is 11.3 Å². The first-order valence-electron chi connectivity index (χ1n) is 5.40. The molecule has 1 aromatic rings. The summed E-state index contributed by atoms with van der Waals surface area (Å²) in [6.07, 6.45) is 0. The van der Waals surface area contributed by atoms with E-state index in [1.807, 2.05) is 6.07 Å². The van der Waals surface area contributed by atoms with Crippen molar-refractivity contribution in [3.8, 4) is 0 Å². The maximum atomic E-state index is 12.0. The van der Waals surface area contributed by atoms with Gasteiger partial charge < -0.3 is 10.2 Å². The number of nitrogens with zero attached hydrogens (tertiary/aromatic N) is 1. The van der Waals surface area contributed by atoms with Crippen LogP contribution in [0.15, 0.2) is 18.2 Å². The highest BCUT2D eigenvalue weighted by Crippen LogP contribution is 2.44. The lowest BCUT2D eigenvalue weighted by molar-refractivity contribution is -0.141. The number of benzene rings is 1. The van der Waals surface area contributed by atoms with Crippen molar-refractivity contribution in [3.63, 3.8) is 0 Å². The van der Waals surface area contributed by atoms with Crippen LogP contribution < -0.4 is 5.32 Å². The molecule has 5 heteroatoms. The van der Waals surface area contributed by atoms with Crippen LogP contribution in [0.1, 0.15) is 12.5 Å². The van der Waals surface area contributed by atoms with Crippen LogP contribution in [-0.4, -0.2) is 29.8 Å². The molecule has 1 aromatic carbocycles. The van der Waals surface area contributed by atoms with Crippen molar-refractivity contribution in [3.05, 3.63) is 28.8 Å². The number of fused-ring (bicyclic) bond motifs is 2. The molecule has 88 valence electrons. The van der Waals surface area contributed by atoms with E-state index in [4.69, 9.17) is 11.6 Å². The molecule has 1 spiro atoms. The molecule has 2 aliphatic heterocycles. The van der Waals surface area contributed by atoms with Crippen LogP contribution in [0.3, 0.4) is 0 Å². The molecule has 0 atom stereocenters. The van der Waals surface area contributed by atoms with Gasteiger partial charge in [-0.2, -0.15) is 0 Å². The topological polar surface area (TPSA) is 49.4 Å². The second-order valence-electron chi connectivity index (χ2n) is 4.60. The third-order valence-corrected chi connectivity index (χ3v) is 3.78. The summed E-state index contributed by atoms with van der Waals surface area (Å²) in [4.78, 5) is 24.9. The maximum absolute atomic E-state index is 12.0. The number of hydrogen-bond acceptors (Lipinski definition) is 2. The van der Waals surface area contributed by atoms with Crippen molar-refractivity contribution < 1.29 is 9.59 Å². The Bertz CT molecular complexity index is 535. The van der Waals surface area contributed by atoms with E-state index in [9.17, 15) is 9.59 Å². The zero-order valence-corrected chi connectivity index (χ0v) is 10.0. The smallest absolute Gasteiger partial charge is 0.238 e. The van der Waals surface area contributed by atoms with Gasteiger partial charge in [-0.3, -0.25) is 9.59 Å². The van der Waals surface area contributed by atoms with Crippen molar-refractivity contribution in [2.24, 2.45) is 0 Å². The van der Waals surface area contributed by atoms with Crippen LogP contribution in [0, 0.1) is 0 Å². The number of amides is 2. The first-order valence-corrected chi connectivity index (χ1v) is 5.78. The molecule has 0 aliphatic carbocycles. The summed E-state index contributed by atoms with van der Waals surface area (Å²) in [6.45, 7) is 2.44. The van der Waals surface area contributed by atoms with E-state index in [0.29, 0.717) is 18.1 Å². The van der Waals surface area contributed by atoms with E-state index in [1.54, 1.807) is 17.0 Å². The number of nitrogens with one attached hydrogen (secondary N) is 1. The van der Waals surface area contributed by atoms with Crippen molar-refractivity contribution >= 4 is 29.1 Å². The minimum Gasteiger partial charge on any atom is -0.340 e. The molecule has 2 aliphatic rings. The van der Waals surface area contributed by atoms with Crippen molar-refractivity contribution in [2.75, 3.05) is 18.4 Å². The first-order chi connectivity index (χ1) is 8.03. The predicted molar refractivity (Wildman–Crippen MR) is 64.0 cm³/mol. The average molecular weight is 251 g/mol. The fraction of sp³-hybridized carbons (Fsp3) is 0.333. The van der Waals surface area contributed by atoms with E-state index in [2.05, 4.69) is 5.32 Å². The Kier molecular flexibility index (Phi) is 2.01. The molecule has 0 saturated carbocycles. The van der Waals surface area contributed by atoms with Gasteiger partial charge in [0.25, 0.3) is 0 Å². The number of hydrogen-bond donors (Lipinski definition) is 1. The summed E-state index contributed by atoms with van der Waals surface area (Å²) in [7, 11) is 0. The highest BCUT2D eigenvalue weighted by atomic mass is 35.5. The predicted octanol–water partition coefficient (Wildman–Crippen LogP) is 1.39. The minimum atomic E-state index is -0.550. The van der Waals surface area contributed by atoms with Crippen LogP contribution in [0.4, 0.5) is 5.69 Å². The third kappa shape index (κ3) is 1.30. The van der Waals surface area contributed by atoms with Crippen molar-refractivity contribution in [1.82, 2.24) is 4.90 Å². The summed E-state index contributed by atoms with van der Waals surface area (Å²) in [5.74, 6) is -0.0295. The molecule has 1 fully saturated rings. The normalized spacial score (nSPS) is 19.9. The second-order valence-corrected chi connectivity index (χ2v) is 5.04. The second kappa shape index (κ2) is 3.23. The van der Waals surface area contributed by atoms with Crippen molar-refractivity contribution in [1.29, 1.82) is 0 Å². The number of anilines is 1. The van der Waals surface area contributed by atoms with Gasteiger partial charge in [0.2, 0.25) is 11.8 Å². The quantitative estimate of drug-likeness (QED) is 0.757. The van der Waals surface area contributed by atoms with E-state index in [-0.39, 0.29) is 11.8 Å². The number of carbonyl (C=O) groups excluding carboxylic acids is 2. The van der Waals surface area contributed by atoms with Gasteiger partial charge in [0.15, 0.2) is 0 Å². The zero-order valence-electron chi connectivity index (χ0n) is 9.29. The molecule has 1 saturated heterocycles. The average Bonchev–Trinajstić information content (AvgIpc) is 2.46. The first kappa shape index (κ1) is 10.6. The minimum absolute atomic E-state index is 0.00541. The van der Waals surface area contributed by atoms with Crippen LogP contribution in [-0.2, 0) is 15.0 Å². The SMILES string of the molecule is CC(=O)N1CC2(C1)C(=O)Nc1cc(Cl)ccc12. The Morgan fingerprint density at radius 2 is 2.18 bits per heavy atom. The lowest BCUT2D eigenvalue weighted by Crippen LogP contribution is -2.63. The summed E-state index contributed by atoms with van der Waals surface area (Å²) in [6, 6.07) is 5.39. The fourth-order valence-electron chi connectivity index (χ4n) is 2.54. The van der Waals surface area contributed by atoms with E-state index >= 15 is 0 Å². The summed E-state index contributed by atoms with van der Waals surface area (Å²) >= 11 is 5.89. The van der Waals surface area contributed by atoms with Gasteiger partial charge in [-0.05, 0) is 17.7 Å². The summed E-state index contributed by atoms with van der Waals surface area (Å²) < 4.78 is 0. The Labute approximate surface area is 104 Å². The molecular formula is C12H11ClN2O2. The van der Waals surface area contributed by atoms with Crippen LogP contribution >= 0.6 is 11.6 Å². The van der Waals surface area contributed by atoms with Gasteiger partial charge in [-0.15, -0.1) is 0 Å². The van der Waals surface area contributed by atoms with E-state index in [1.165, 1.54) is 6.92 Å². The van der Waals surface area contributed by atoms with Gasteiger partial charge in [0, 0.05) is 30.7 Å². The highest BCUT2D eigenvalue weighted by Gasteiger charge is 2.55. The molecule has 1 N–H and O–H groups in total. The molecule has 2 heterocycles. The molecule has 2 amide bonds. The molecule has 0 aromatic heterocycles. The van der Waals surface area contributed by atoms with Gasteiger partial charge in [0.1, 0.15) is 5.41 Å². The lowest BCUT2D eigenvalue weighted by atomic mass is 9.74. The monoisotopic (exact) mass is 250 g/mol. The standard InChI is InChI=1S/C12H11ClN2O2/c1-7(16)15-5-12(6-15)9-3-2-8(13)4-10(9)14-11(12)17/h2-4H,5-6H2,1H3,(H,14,17). The largest absolute Gasteiger partial charge is 0.340 e. The van der Waals surface area contributed by atoms with Crippen LogP contribution in [0.25, 0.3) is 0 Å². The molecule has 0 unspecified atom stereocenters. The zero-order chi connectivity index (χ0) is 12.2. The Morgan fingerprint density at radius 1 is 1.47 bits per heavy atom. The molecular weight excluding hydrogens is 240 g/mol. The van der Waals surface area contributed by atoms with Crippen molar-refractivity contribution in [2.45, 2.75) is 12.3 Å². The van der Waals surface area contributed by atoms with Crippen LogP contribution in [0.5, 0.6) is 0 Å². The molecule has 3 rings (SSSR count). The fourth-order valence-corrected chi connectivity index (χ4v) is 2.72.